The van der Waals surface area contributed by atoms with Crippen molar-refractivity contribution in [1.82, 2.24) is 5.32 Å². The molecule has 1 rings (SSSR count). The average molecular weight is 300 g/mol. The molecular formula is C12H14Cl2F3N. The lowest BCUT2D eigenvalue weighted by Crippen LogP contribution is -2.25. The molecule has 1 atom stereocenters. The third kappa shape index (κ3) is 5.04. The summed E-state index contributed by atoms with van der Waals surface area (Å²) in [5, 5.41) is 3.71. The second-order valence-corrected chi connectivity index (χ2v) is 4.77. The topological polar surface area (TPSA) is 12.0 Å². The van der Waals surface area contributed by atoms with Crippen molar-refractivity contribution < 1.29 is 13.2 Å². The van der Waals surface area contributed by atoms with Gasteiger partial charge in [0.15, 0.2) is 0 Å². The van der Waals surface area contributed by atoms with Gasteiger partial charge in [0.25, 0.3) is 0 Å². The van der Waals surface area contributed by atoms with Crippen molar-refractivity contribution >= 4 is 23.2 Å². The molecule has 0 saturated carbocycles. The molecule has 102 valence electrons. The Labute approximate surface area is 114 Å². The van der Waals surface area contributed by atoms with Crippen LogP contribution in [-0.4, -0.2) is 12.7 Å². The van der Waals surface area contributed by atoms with E-state index in [4.69, 9.17) is 23.2 Å². The molecule has 0 spiro atoms. The SMILES string of the molecule is CCC(NCCC(F)(F)F)c1ccc(Cl)c(Cl)c1. The van der Waals surface area contributed by atoms with E-state index < -0.39 is 12.6 Å². The highest BCUT2D eigenvalue weighted by Crippen LogP contribution is 2.27. The zero-order valence-electron chi connectivity index (χ0n) is 9.82. The van der Waals surface area contributed by atoms with Crippen LogP contribution in [0.1, 0.15) is 31.4 Å². The molecule has 0 radical (unpaired) electrons. The van der Waals surface area contributed by atoms with Gasteiger partial charge in [0, 0.05) is 12.6 Å². The van der Waals surface area contributed by atoms with Crippen LogP contribution in [0.4, 0.5) is 13.2 Å². The molecule has 0 fully saturated rings. The van der Waals surface area contributed by atoms with Crippen LogP contribution < -0.4 is 5.32 Å². The van der Waals surface area contributed by atoms with Crippen LogP contribution in [0.25, 0.3) is 0 Å². The first-order chi connectivity index (χ1) is 8.33. The summed E-state index contributed by atoms with van der Waals surface area (Å²) in [5.74, 6) is 0. The molecule has 6 heteroatoms. The summed E-state index contributed by atoms with van der Waals surface area (Å²) in [4.78, 5) is 0. The highest BCUT2D eigenvalue weighted by molar-refractivity contribution is 6.42. The summed E-state index contributed by atoms with van der Waals surface area (Å²) in [7, 11) is 0. The lowest BCUT2D eigenvalue weighted by molar-refractivity contribution is -0.133. The van der Waals surface area contributed by atoms with Crippen LogP contribution in [0.15, 0.2) is 18.2 Å². The van der Waals surface area contributed by atoms with Gasteiger partial charge in [-0.3, -0.25) is 0 Å². The number of alkyl halides is 3. The highest BCUT2D eigenvalue weighted by atomic mass is 35.5. The maximum absolute atomic E-state index is 12.1. The zero-order valence-corrected chi connectivity index (χ0v) is 11.3. The minimum atomic E-state index is -4.14. The monoisotopic (exact) mass is 299 g/mol. The van der Waals surface area contributed by atoms with E-state index in [1.165, 1.54) is 0 Å². The molecule has 0 aliphatic heterocycles. The van der Waals surface area contributed by atoms with Crippen LogP contribution in [-0.2, 0) is 0 Å². The predicted molar refractivity (Wildman–Crippen MR) is 68.2 cm³/mol. The minimum Gasteiger partial charge on any atom is -0.310 e. The van der Waals surface area contributed by atoms with Gasteiger partial charge >= 0.3 is 6.18 Å². The maximum atomic E-state index is 12.1. The van der Waals surface area contributed by atoms with E-state index in [2.05, 4.69) is 5.32 Å². The van der Waals surface area contributed by atoms with Gasteiger partial charge in [-0.15, -0.1) is 0 Å². The molecule has 0 bridgehead atoms. The lowest BCUT2D eigenvalue weighted by Gasteiger charge is -2.18. The summed E-state index contributed by atoms with van der Waals surface area (Å²) in [6.07, 6.45) is -4.30. The fourth-order valence-electron chi connectivity index (χ4n) is 1.62. The second kappa shape index (κ2) is 6.64. The van der Waals surface area contributed by atoms with Gasteiger partial charge in [-0.05, 0) is 24.1 Å². The first-order valence-electron chi connectivity index (χ1n) is 5.58. The largest absolute Gasteiger partial charge is 0.390 e. The number of hydrogen-bond donors (Lipinski definition) is 1. The van der Waals surface area contributed by atoms with Crippen molar-refractivity contribution in [1.29, 1.82) is 0 Å². The van der Waals surface area contributed by atoms with Crippen LogP contribution in [0.2, 0.25) is 10.0 Å². The first kappa shape index (κ1) is 15.6. The predicted octanol–water partition coefficient (Wildman–Crippen LogP) is 4.99. The zero-order chi connectivity index (χ0) is 13.8. The van der Waals surface area contributed by atoms with E-state index in [0.29, 0.717) is 16.5 Å². The Bertz CT molecular complexity index is 393. The van der Waals surface area contributed by atoms with Crippen LogP contribution >= 0.6 is 23.2 Å². The summed E-state index contributed by atoms with van der Waals surface area (Å²) < 4.78 is 36.2. The molecule has 0 amide bonds. The van der Waals surface area contributed by atoms with Crippen LogP contribution in [0, 0.1) is 0 Å². The van der Waals surface area contributed by atoms with Gasteiger partial charge < -0.3 is 5.32 Å². The smallest absolute Gasteiger partial charge is 0.310 e. The van der Waals surface area contributed by atoms with E-state index in [1.54, 1.807) is 18.2 Å². The van der Waals surface area contributed by atoms with Gasteiger partial charge in [0.1, 0.15) is 0 Å². The standard InChI is InChI=1S/C12H14Cl2F3N/c1-2-11(18-6-5-12(15,16)17)8-3-4-9(13)10(14)7-8/h3-4,7,11,18H,2,5-6H2,1H3. The third-order valence-electron chi connectivity index (χ3n) is 2.55. The van der Waals surface area contributed by atoms with Gasteiger partial charge in [-0.1, -0.05) is 36.2 Å². The maximum Gasteiger partial charge on any atom is 0.390 e. The van der Waals surface area contributed by atoms with Gasteiger partial charge in [-0.2, -0.15) is 13.2 Å². The molecular weight excluding hydrogens is 286 g/mol. The fraction of sp³-hybridized carbons (Fsp3) is 0.500. The average Bonchev–Trinajstić information content (AvgIpc) is 2.27. The van der Waals surface area contributed by atoms with Crippen LogP contribution in [0.5, 0.6) is 0 Å². The summed E-state index contributed by atoms with van der Waals surface area (Å²) >= 11 is 11.7. The Hall–Kier alpha value is -0.450. The molecule has 1 aromatic carbocycles. The van der Waals surface area contributed by atoms with Gasteiger partial charge in [-0.25, -0.2) is 0 Å². The Morgan fingerprint density at radius 1 is 1.22 bits per heavy atom. The Morgan fingerprint density at radius 3 is 2.39 bits per heavy atom. The number of hydrogen-bond acceptors (Lipinski definition) is 1. The van der Waals surface area contributed by atoms with Crippen molar-refractivity contribution in [2.45, 2.75) is 32.0 Å². The van der Waals surface area contributed by atoms with E-state index in [-0.39, 0.29) is 12.6 Å². The molecule has 0 heterocycles. The van der Waals surface area contributed by atoms with Crippen molar-refractivity contribution in [3.8, 4) is 0 Å². The van der Waals surface area contributed by atoms with Gasteiger partial charge in [0.2, 0.25) is 0 Å². The second-order valence-electron chi connectivity index (χ2n) is 3.95. The Kier molecular flexibility index (Phi) is 5.76. The summed E-state index contributed by atoms with van der Waals surface area (Å²) in [6.45, 7) is 1.79. The molecule has 18 heavy (non-hydrogen) atoms. The normalized spacial score (nSPS) is 13.7. The van der Waals surface area contributed by atoms with E-state index >= 15 is 0 Å². The van der Waals surface area contributed by atoms with Crippen molar-refractivity contribution in [3.05, 3.63) is 33.8 Å². The fourth-order valence-corrected chi connectivity index (χ4v) is 1.92. The number of rotatable bonds is 5. The minimum absolute atomic E-state index is 0.109. The van der Waals surface area contributed by atoms with Crippen molar-refractivity contribution in [3.63, 3.8) is 0 Å². The van der Waals surface area contributed by atoms with E-state index in [1.807, 2.05) is 6.92 Å². The quantitative estimate of drug-likeness (QED) is 0.808. The number of halogens is 5. The molecule has 0 saturated heterocycles. The highest BCUT2D eigenvalue weighted by Gasteiger charge is 2.26. The van der Waals surface area contributed by atoms with Crippen molar-refractivity contribution in [2.75, 3.05) is 6.54 Å². The van der Waals surface area contributed by atoms with E-state index in [9.17, 15) is 13.2 Å². The Balaban J connectivity index is 2.63. The first-order valence-corrected chi connectivity index (χ1v) is 6.34. The molecule has 0 aromatic heterocycles. The van der Waals surface area contributed by atoms with Gasteiger partial charge in [0.05, 0.1) is 16.5 Å². The molecule has 1 N–H and O–H groups in total. The van der Waals surface area contributed by atoms with E-state index in [0.717, 1.165) is 5.56 Å². The van der Waals surface area contributed by atoms with Crippen LogP contribution in [0.3, 0.4) is 0 Å². The molecule has 0 aliphatic rings. The van der Waals surface area contributed by atoms with Crippen molar-refractivity contribution in [2.24, 2.45) is 0 Å². The third-order valence-corrected chi connectivity index (χ3v) is 3.29. The lowest BCUT2D eigenvalue weighted by atomic mass is 10.0. The molecule has 1 aromatic rings. The summed E-state index contributed by atoms with van der Waals surface area (Å²) in [5.41, 5.74) is 0.842. The number of benzene rings is 1. The molecule has 1 nitrogen and oxygen atoms in total. The Morgan fingerprint density at radius 2 is 1.89 bits per heavy atom. The summed E-state index contributed by atoms with van der Waals surface area (Å²) in [6, 6.07) is 4.94. The number of nitrogens with one attached hydrogen (secondary N) is 1. The molecule has 0 aliphatic carbocycles. The molecule has 1 unspecified atom stereocenters.